The van der Waals surface area contributed by atoms with Gasteiger partial charge >= 0.3 is 6.09 Å². The van der Waals surface area contributed by atoms with Gasteiger partial charge in [0.25, 0.3) is 5.91 Å². The Morgan fingerprint density at radius 3 is 2.40 bits per heavy atom. The lowest BCUT2D eigenvalue weighted by molar-refractivity contribution is -0.128. The predicted octanol–water partition coefficient (Wildman–Crippen LogP) is 1.96. The molecule has 1 saturated heterocycles. The lowest BCUT2D eigenvalue weighted by atomic mass is 9.94. The Balaban J connectivity index is 1.92. The molecule has 7 heteroatoms. The first-order chi connectivity index (χ1) is 12.1. The summed E-state index contributed by atoms with van der Waals surface area (Å²) in [7, 11) is 1.79. The number of likely N-dealkylation sites (N-methyl/N-ethyl adjacent to an activating group) is 1. The topological polar surface area (TPSA) is 76.9 Å². The minimum absolute atomic E-state index is 0.164. The fraction of sp³-hybridized carbons (Fsp3) is 0.722. The van der Waals surface area contributed by atoms with Crippen molar-refractivity contribution in [3.8, 4) is 6.07 Å². The van der Waals surface area contributed by atoms with E-state index in [9.17, 15) is 14.9 Å². The van der Waals surface area contributed by atoms with Gasteiger partial charge in [-0.1, -0.05) is 19.3 Å². The molecule has 1 aliphatic heterocycles. The summed E-state index contributed by atoms with van der Waals surface area (Å²) >= 11 is 0. The van der Waals surface area contributed by atoms with Crippen molar-refractivity contribution in [1.29, 1.82) is 5.26 Å². The molecule has 1 heterocycles. The van der Waals surface area contributed by atoms with Gasteiger partial charge in [0.15, 0.2) is 0 Å². The monoisotopic (exact) mass is 348 g/mol. The number of nitriles is 1. The molecule has 2 rings (SSSR count). The second-order valence-electron chi connectivity index (χ2n) is 6.58. The largest absolute Gasteiger partial charge is 0.450 e. The van der Waals surface area contributed by atoms with Crippen molar-refractivity contribution < 1.29 is 14.3 Å². The van der Waals surface area contributed by atoms with Crippen molar-refractivity contribution >= 4 is 12.0 Å². The number of nitrogens with zero attached hydrogens (tertiary/aromatic N) is 4. The van der Waals surface area contributed by atoms with Crippen molar-refractivity contribution in [2.45, 2.75) is 45.1 Å². The quantitative estimate of drug-likeness (QED) is 0.573. The lowest BCUT2D eigenvalue weighted by Crippen LogP contribution is -2.47. The smallest absolute Gasteiger partial charge is 0.409 e. The lowest BCUT2D eigenvalue weighted by Gasteiger charge is -2.34. The third-order valence-corrected chi connectivity index (χ3v) is 4.95. The standard InChI is InChI=1S/C18H28N4O3/c1-3-25-18(24)22-11-9-21(10-12-22)14-15(13-19)17(23)20(2)16-7-5-4-6-8-16/h14,16H,3-12H2,1-2H3/b15-14-. The summed E-state index contributed by atoms with van der Waals surface area (Å²) < 4.78 is 5.00. The van der Waals surface area contributed by atoms with E-state index in [0.29, 0.717) is 32.8 Å². The third-order valence-electron chi connectivity index (χ3n) is 4.95. The van der Waals surface area contributed by atoms with Gasteiger partial charge in [-0.25, -0.2) is 4.79 Å². The molecular formula is C18H28N4O3. The third kappa shape index (κ3) is 5.12. The molecule has 0 atom stereocenters. The number of carbonyl (C=O) groups excluding carboxylic acids is 2. The summed E-state index contributed by atoms with van der Waals surface area (Å²) in [4.78, 5) is 29.6. The van der Waals surface area contributed by atoms with E-state index in [1.165, 1.54) is 6.42 Å². The maximum atomic E-state index is 12.6. The average Bonchev–Trinajstić information content (AvgIpc) is 2.66. The Kier molecular flexibility index (Phi) is 7.11. The molecule has 0 aromatic heterocycles. The number of carbonyl (C=O) groups is 2. The van der Waals surface area contributed by atoms with Crippen molar-refractivity contribution in [2.75, 3.05) is 39.8 Å². The van der Waals surface area contributed by atoms with Gasteiger partial charge in [0, 0.05) is 45.5 Å². The van der Waals surface area contributed by atoms with Crippen molar-refractivity contribution in [1.82, 2.24) is 14.7 Å². The van der Waals surface area contributed by atoms with Crippen molar-refractivity contribution in [2.24, 2.45) is 0 Å². The van der Waals surface area contributed by atoms with Gasteiger partial charge in [-0.05, 0) is 19.8 Å². The summed E-state index contributed by atoms with van der Waals surface area (Å²) in [6, 6.07) is 2.28. The van der Waals surface area contributed by atoms with E-state index in [1.54, 1.807) is 30.0 Å². The zero-order valence-electron chi connectivity index (χ0n) is 15.2. The SMILES string of the molecule is CCOC(=O)N1CCN(/C=C(/C#N)C(=O)N(C)C2CCCCC2)CC1. The first-order valence-electron chi connectivity index (χ1n) is 9.11. The van der Waals surface area contributed by atoms with Crippen molar-refractivity contribution in [3.05, 3.63) is 11.8 Å². The Labute approximate surface area is 149 Å². The highest BCUT2D eigenvalue weighted by molar-refractivity contribution is 5.97. The maximum Gasteiger partial charge on any atom is 0.409 e. The molecule has 2 aliphatic rings. The second-order valence-corrected chi connectivity index (χ2v) is 6.58. The van der Waals surface area contributed by atoms with Gasteiger partial charge in [-0.15, -0.1) is 0 Å². The van der Waals surface area contributed by atoms with Crippen LogP contribution in [0, 0.1) is 11.3 Å². The Bertz CT molecular complexity index is 541. The van der Waals surface area contributed by atoms with Crippen LogP contribution in [0.5, 0.6) is 0 Å². The molecule has 138 valence electrons. The Morgan fingerprint density at radius 1 is 1.20 bits per heavy atom. The number of amides is 2. The van der Waals surface area contributed by atoms with Crippen LogP contribution < -0.4 is 0 Å². The fourth-order valence-electron chi connectivity index (χ4n) is 3.39. The minimum Gasteiger partial charge on any atom is -0.450 e. The van der Waals surface area contributed by atoms with Crippen molar-refractivity contribution in [3.63, 3.8) is 0 Å². The molecular weight excluding hydrogens is 320 g/mol. The predicted molar refractivity (Wildman–Crippen MR) is 93.5 cm³/mol. The zero-order chi connectivity index (χ0) is 18.2. The van der Waals surface area contributed by atoms with E-state index in [2.05, 4.69) is 0 Å². The summed E-state index contributed by atoms with van der Waals surface area (Å²) in [5, 5.41) is 9.41. The second kappa shape index (κ2) is 9.30. The summed E-state index contributed by atoms with van der Waals surface area (Å²) in [6.07, 6.45) is 6.87. The highest BCUT2D eigenvalue weighted by Crippen LogP contribution is 2.22. The normalized spacial score (nSPS) is 19.3. The minimum atomic E-state index is -0.306. The van der Waals surface area contributed by atoms with E-state index in [0.717, 1.165) is 25.7 Å². The molecule has 1 aliphatic carbocycles. The number of hydrogen-bond acceptors (Lipinski definition) is 5. The van der Waals surface area contributed by atoms with Gasteiger partial charge in [0.1, 0.15) is 11.6 Å². The molecule has 0 bridgehead atoms. The van der Waals surface area contributed by atoms with Gasteiger partial charge in [0.05, 0.1) is 6.61 Å². The van der Waals surface area contributed by atoms with Gasteiger partial charge in [0.2, 0.25) is 0 Å². The number of rotatable bonds is 4. The van der Waals surface area contributed by atoms with Crippen LogP contribution in [-0.2, 0) is 9.53 Å². The van der Waals surface area contributed by atoms with Crippen LogP contribution in [0.1, 0.15) is 39.0 Å². The Morgan fingerprint density at radius 2 is 1.84 bits per heavy atom. The zero-order valence-corrected chi connectivity index (χ0v) is 15.2. The molecule has 0 spiro atoms. The van der Waals surface area contributed by atoms with Gasteiger partial charge in [-0.3, -0.25) is 4.79 Å². The number of ether oxygens (including phenoxy) is 1. The molecule has 0 unspecified atom stereocenters. The summed E-state index contributed by atoms with van der Waals surface area (Å²) in [5.41, 5.74) is 0.164. The molecule has 0 radical (unpaired) electrons. The molecule has 1 saturated carbocycles. The number of hydrogen-bond donors (Lipinski definition) is 0. The van der Waals surface area contributed by atoms with Crippen LogP contribution in [0.3, 0.4) is 0 Å². The van der Waals surface area contributed by atoms with E-state index >= 15 is 0 Å². The van der Waals surface area contributed by atoms with Crippen LogP contribution in [0.4, 0.5) is 4.79 Å². The molecule has 0 aromatic carbocycles. The molecule has 0 N–H and O–H groups in total. The fourth-order valence-corrected chi connectivity index (χ4v) is 3.39. The summed E-state index contributed by atoms with van der Waals surface area (Å²) in [5.74, 6) is -0.206. The van der Waals surface area contributed by atoms with E-state index in [-0.39, 0.29) is 23.6 Å². The van der Waals surface area contributed by atoms with Gasteiger partial charge < -0.3 is 19.4 Å². The summed E-state index contributed by atoms with van der Waals surface area (Å²) in [6.45, 7) is 4.38. The van der Waals surface area contributed by atoms with Gasteiger partial charge in [-0.2, -0.15) is 5.26 Å². The molecule has 2 fully saturated rings. The average molecular weight is 348 g/mol. The molecule has 2 amide bonds. The van der Waals surface area contributed by atoms with Crippen LogP contribution >= 0.6 is 0 Å². The highest BCUT2D eigenvalue weighted by atomic mass is 16.6. The molecule has 0 aromatic rings. The van der Waals surface area contributed by atoms with E-state index in [4.69, 9.17) is 4.74 Å². The van der Waals surface area contributed by atoms with E-state index < -0.39 is 0 Å². The van der Waals surface area contributed by atoms with Crippen LogP contribution in [0.15, 0.2) is 11.8 Å². The van der Waals surface area contributed by atoms with Crippen LogP contribution in [0.2, 0.25) is 0 Å². The molecule has 7 nitrogen and oxygen atoms in total. The van der Waals surface area contributed by atoms with E-state index in [1.807, 2.05) is 11.0 Å². The highest BCUT2D eigenvalue weighted by Gasteiger charge is 2.26. The number of piperazine rings is 1. The van der Waals surface area contributed by atoms with Crippen LogP contribution in [0.25, 0.3) is 0 Å². The Hall–Kier alpha value is -2.23. The first kappa shape index (κ1) is 19.1. The first-order valence-corrected chi connectivity index (χ1v) is 9.11. The maximum absolute atomic E-state index is 12.6. The molecule has 25 heavy (non-hydrogen) atoms. The van der Waals surface area contributed by atoms with Crippen LogP contribution in [-0.4, -0.2) is 72.6 Å².